The van der Waals surface area contributed by atoms with Crippen LogP contribution in [0.1, 0.15) is 25.8 Å². The van der Waals surface area contributed by atoms with Gasteiger partial charge in [0.15, 0.2) is 0 Å². The van der Waals surface area contributed by atoms with E-state index in [-0.39, 0.29) is 6.04 Å². The number of aromatic nitrogens is 2. The average molecular weight is 246 g/mol. The summed E-state index contributed by atoms with van der Waals surface area (Å²) in [4.78, 5) is 1.87. The van der Waals surface area contributed by atoms with Crippen LogP contribution in [0.3, 0.4) is 0 Å². The van der Waals surface area contributed by atoms with E-state index in [4.69, 9.17) is 4.42 Å². The van der Waals surface area contributed by atoms with Gasteiger partial charge in [-0.15, -0.1) is 5.10 Å². The molecule has 0 spiro atoms. The zero-order valence-corrected chi connectivity index (χ0v) is 10.9. The Morgan fingerprint density at radius 3 is 2.67 bits per heavy atom. The fourth-order valence-electron chi connectivity index (χ4n) is 1.69. The quantitative estimate of drug-likeness (QED) is 0.878. The third-order valence-electron chi connectivity index (χ3n) is 2.74. The number of nitrogens with zero attached hydrogens (tertiary/aromatic N) is 3. The lowest BCUT2D eigenvalue weighted by Crippen LogP contribution is -2.17. The average Bonchev–Trinajstić information content (AvgIpc) is 2.89. The van der Waals surface area contributed by atoms with E-state index >= 15 is 0 Å². The van der Waals surface area contributed by atoms with Crippen LogP contribution in [0, 0.1) is 0 Å². The Balaban J connectivity index is 2.15. The van der Waals surface area contributed by atoms with Crippen molar-refractivity contribution >= 4 is 11.7 Å². The molecule has 0 bridgehead atoms. The first kappa shape index (κ1) is 12.6. The first-order chi connectivity index (χ1) is 8.72. The number of para-hydroxylation sites is 1. The smallest absolute Gasteiger partial charge is 0.322 e. The van der Waals surface area contributed by atoms with Gasteiger partial charge in [0.05, 0.1) is 6.04 Å². The number of rotatable bonds is 5. The molecule has 1 heterocycles. The molecule has 0 aliphatic heterocycles. The van der Waals surface area contributed by atoms with E-state index < -0.39 is 0 Å². The summed E-state index contributed by atoms with van der Waals surface area (Å²) in [5.41, 5.74) is 1.02. The molecule has 1 aromatic heterocycles. The van der Waals surface area contributed by atoms with Gasteiger partial charge in [-0.2, -0.15) is 0 Å². The molecule has 5 heteroatoms. The molecule has 2 aromatic rings. The van der Waals surface area contributed by atoms with Crippen LogP contribution < -0.4 is 10.2 Å². The highest BCUT2D eigenvalue weighted by molar-refractivity contribution is 5.54. The van der Waals surface area contributed by atoms with Crippen molar-refractivity contribution in [2.24, 2.45) is 0 Å². The van der Waals surface area contributed by atoms with Gasteiger partial charge in [-0.3, -0.25) is 4.90 Å². The van der Waals surface area contributed by atoms with Crippen LogP contribution in [0.2, 0.25) is 0 Å². The van der Waals surface area contributed by atoms with Crippen molar-refractivity contribution in [3.05, 3.63) is 36.2 Å². The first-order valence-electron chi connectivity index (χ1n) is 6.08. The van der Waals surface area contributed by atoms with E-state index in [2.05, 4.69) is 15.5 Å². The Bertz CT molecular complexity index is 483. The van der Waals surface area contributed by atoms with Crippen molar-refractivity contribution in [3.8, 4) is 0 Å². The summed E-state index contributed by atoms with van der Waals surface area (Å²) in [6.45, 7) is 4.92. The van der Waals surface area contributed by atoms with Gasteiger partial charge in [0.1, 0.15) is 0 Å². The number of hydrogen-bond donors (Lipinski definition) is 1. The molecule has 0 saturated heterocycles. The van der Waals surface area contributed by atoms with Crippen LogP contribution in [0.25, 0.3) is 0 Å². The minimum absolute atomic E-state index is 0.0698. The second-order valence-electron chi connectivity index (χ2n) is 4.10. The molecule has 0 aliphatic carbocycles. The fraction of sp³-hybridized carbons (Fsp3) is 0.385. The molecule has 1 unspecified atom stereocenters. The van der Waals surface area contributed by atoms with Crippen LogP contribution in [0.15, 0.2) is 34.7 Å². The van der Waals surface area contributed by atoms with Crippen LogP contribution >= 0.6 is 0 Å². The summed E-state index contributed by atoms with van der Waals surface area (Å²) < 4.78 is 5.66. The van der Waals surface area contributed by atoms with Crippen molar-refractivity contribution < 1.29 is 4.42 Å². The van der Waals surface area contributed by atoms with Gasteiger partial charge >= 0.3 is 6.01 Å². The van der Waals surface area contributed by atoms with Crippen LogP contribution in [0.5, 0.6) is 0 Å². The number of hydrogen-bond acceptors (Lipinski definition) is 5. The maximum absolute atomic E-state index is 5.66. The van der Waals surface area contributed by atoms with Gasteiger partial charge in [0.2, 0.25) is 5.89 Å². The normalized spacial score (nSPS) is 12.4. The highest BCUT2D eigenvalue weighted by Gasteiger charge is 2.15. The maximum atomic E-state index is 5.66. The minimum Gasteiger partial charge on any atom is -0.406 e. The minimum atomic E-state index is 0.0698. The molecule has 2 rings (SSSR count). The van der Waals surface area contributed by atoms with Gasteiger partial charge < -0.3 is 9.73 Å². The van der Waals surface area contributed by atoms with Crippen LogP contribution in [0.4, 0.5) is 11.7 Å². The molecular formula is C13H18N4O. The summed E-state index contributed by atoms with van der Waals surface area (Å²) in [5, 5.41) is 11.4. The van der Waals surface area contributed by atoms with Crippen LogP contribution in [-0.2, 0) is 0 Å². The Morgan fingerprint density at radius 1 is 1.28 bits per heavy atom. The Kier molecular flexibility index (Phi) is 3.94. The van der Waals surface area contributed by atoms with Crippen molar-refractivity contribution in [3.63, 3.8) is 0 Å². The summed E-state index contributed by atoms with van der Waals surface area (Å²) in [6, 6.07) is 10.5. The zero-order chi connectivity index (χ0) is 13.0. The molecule has 1 N–H and O–H groups in total. The Hall–Kier alpha value is -1.88. The third kappa shape index (κ3) is 2.68. The third-order valence-corrected chi connectivity index (χ3v) is 2.74. The van der Waals surface area contributed by atoms with E-state index in [1.165, 1.54) is 0 Å². The lowest BCUT2D eigenvalue weighted by Gasteiger charge is -2.13. The summed E-state index contributed by atoms with van der Waals surface area (Å²) in [7, 11) is 1.91. The van der Waals surface area contributed by atoms with Crippen molar-refractivity contribution in [2.45, 2.75) is 19.9 Å². The molecule has 0 fully saturated rings. The van der Waals surface area contributed by atoms with E-state index in [1.807, 2.05) is 56.1 Å². The Labute approximate surface area is 107 Å². The SMILES string of the molecule is CCNC(C)c1nnc(N(C)c2ccccc2)o1. The topological polar surface area (TPSA) is 54.2 Å². The van der Waals surface area contributed by atoms with Crippen LogP contribution in [-0.4, -0.2) is 23.8 Å². The standard InChI is InChI=1S/C13H18N4O/c1-4-14-10(2)12-15-16-13(18-12)17(3)11-8-6-5-7-9-11/h5-10,14H,4H2,1-3H3. The molecule has 1 aromatic carbocycles. The number of anilines is 2. The predicted octanol–water partition coefficient (Wildman–Crippen LogP) is 2.51. The lowest BCUT2D eigenvalue weighted by atomic mass is 10.3. The van der Waals surface area contributed by atoms with E-state index in [0.717, 1.165) is 12.2 Å². The van der Waals surface area contributed by atoms with Crippen molar-refractivity contribution in [2.75, 3.05) is 18.5 Å². The van der Waals surface area contributed by atoms with E-state index in [1.54, 1.807) is 0 Å². The monoisotopic (exact) mass is 246 g/mol. The molecular weight excluding hydrogens is 228 g/mol. The van der Waals surface area contributed by atoms with E-state index in [0.29, 0.717) is 11.9 Å². The number of nitrogens with one attached hydrogen (secondary N) is 1. The summed E-state index contributed by atoms with van der Waals surface area (Å²) >= 11 is 0. The first-order valence-corrected chi connectivity index (χ1v) is 6.08. The molecule has 18 heavy (non-hydrogen) atoms. The van der Waals surface area contributed by atoms with Crippen molar-refractivity contribution in [1.82, 2.24) is 15.5 Å². The zero-order valence-electron chi connectivity index (χ0n) is 10.9. The lowest BCUT2D eigenvalue weighted by molar-refractivity contribution is 0.425. The van der Waals surface area contributed by atoms with Gasteiger partial charge in [0.25, 0.3) is 0 Å². The predicted molar refractivity (Wildman–Crippen MR) is 70.9 cm³/mol. The molecule has 0 aliphatic rings. The van der Waals surface area contributed by atoms with Crippen molar-refractivity contribution in [1.29, 1.82) is 0 Å². The molecule has 1 atom stereocenters. The highest BCUT2D eigenvalue weighted by atomic mass is 16.4. The highest BCUT2D eigenvalue weighted by Crippen LogP contribution is 2.23. The fourth-order valence-corrected chi connectivity index (χ4v) is 1.69. The molecule has 96 valence electrons. The Morgan fingerprint density at radius 2 is 2.00 bits per heavy atom. The maximum Gasteiger partial charge on any atom is 0.322 e. The second kappa shape index (κ2) is 5.64. The molecule has 0 saturated carbocycles. The second-order valence-corrected chi connectivity index (χ2v) is 4.10. The summed E-state index contributed by atoms with van der Waals surface area (Å²) in [5.74, 6) is 0.606. The summed E-state index contributed by atoms with van der Waals surface area (Å²) in [6.07, 6.45) is 0. The van der Waals surface area contributed by atoms with E-state index in [9.17, 15) is 0 Å². The van der Waals surface area contributed by atoms with Gasteiger partial charge in [-0.25, -0.2) is 0 Å². The van der Waals surface area contributed by atoms with Gasteiger partial charge in [0, 0.05) is 12.7 Å². The largest absolute Gasteiger partial charge is 0.406 e. The number of benzene rings is 1. The molecule has 5 nitrogen and oxygen atoms in total. The molecule has 0 radical (unpaired) electrons. The van der Waals surface area contributed by atoms with Gasteiger partial charge in [-0.05, 0) is 25.6 Å². The molecule has 0 amide bonds. The van der Waals surface area contributed by atoms with Gasteiger partial charge in [-0.1, -0.05) is 30.2 Å².